The van der Waals surface area contributed by atoms with E-state index in [9.17, 15) is 0 Å². The van der Waals surface area contributed by atoms with Crippen LogP contribution in [-0.4, -0.2) is 20.6 Å². The number of imidazole rings is 1. The second kappa shape index (κ2) is 5.29. The van der Waals surface area contributed by atoms with Gasteiger partial charge in [0.05, 0.1) is 18.3 Å². The van der Waals surface area contributed by atoms with Gasteiger partial charge in [-0.25, -0.2) is 4.98 Å². The van der Waals surface area contributed by atoms with Gasteiger partial charge in [-0.2, -0.15) is 0 Å². The van der Waals surface area contributed by atoms with Gasteiger partial charge in [0.25, 0.3) is 0 Å². The molecule has 102 valence electrons. The fourth-order valence-electron chi connectivity index (χ4n) is 3.07. The molecule has 4 nitrogen and oxygen atoms in total. The summed E-state index contributed by atoms with van der Waals surface area (Å²) in [5.74, 6) is 1.13. The Labute approximate surface area is 114 Å². The van der Waals surface area contributed by atoms with E-state index in [0.29, 0.717) is 12.1 Å². The van der Waals surface area contributed by atoms with Crippen LogP contribution in [0.15, 0.2) is 18.5 Å². The topological polar surface area (TPSA) is 42.7 Å². The molecule has 0 unspecified atom stereocenters. The predicted octanol–water partition coefficient (Wildman–Crippen LogP) is 3.04. The minimum absolute atomic E-state index is 0.424. The van der Waals surface area contributed by atoms with Gasteiger partial charge >= 0.3 is 0 Å². The number of pyridine rings is 1. The van der Waals surface area contributed by atoms with E-state index in [-0.39, 0.29) is 0 Å². The number of hydrogen-bond donors (Lipinski definition) is 1. The number of nitrogens with one attached hydrogen (secondary N) is 1. The van der Waals surface area contributed by atoms with Gasteiger partial charge in [0.1, 0.15) is 11.3 Å². The molecule has 4 heteroatoms. The highest BCUT2D eigenvalue weighted by molar-refractivity contribution is 5.74. The van der Waals surface area contributed by atoms with Gasteiger partial charge in [0, 0.05) is 18.3 Å². The quantitative estimate of drug-likeness (QED) is 0.916. The van der Waals surface area contributed by atoms with Crippen molar-refractivity contribution in [1.82, 2.24) is 19.9 Å². The van der Waals surface area contributed by atoms with Crippen LogP contribution >= 0.6 is 0 Å². The normalized spacial score (nSPS) is 16.8. The van der Waals surface area contributed by atoms with Crippen molar-refractivity contribution in [3.8, 4) is 0 Å². The number of nitrogens with zero attached hydrogens (tertiary/aromatic N) is 3. The fourth-order valence-corrected chi connectivity index (χ4v) is 3.07. The standard InChI is InChI=1S/C15H22N4/c1-11(2)19-14-7-8-16-9-13(14)18-15(19)10-17-12-5-3-4-6-12/h7-9,11-12,17H,3-6,10H2,1-2H3. The molecule has 0 amide bonds. The van der Waals surface area contributed by atoms with Crippen LogP contribution in [0.4, 0.5) is 0 Å². The third-order valence-corrected chi connectivity index (χ3v) is 3.99. The molecule has 0 spiro atoms. The Hall–Kier alpha value is -1.42. The van der Waals surface area contributed by atoms with Crippen molar-refractivity contribution >= 4 is 11.0 Å². The van der Waals surface area contributed by atoms with E-state index in [1.807, 2.05) is 12.4 Å². The van der Waals surface area contributed by atoms with Crippen LogP contribution < -0.4 is 5.32 Å². The Balaban J connectivity index is 1.86. The third-order valence-electron chi connectivity index (χ3n) is 3.99. The van der Waals surface area contributed by atoms with Crippen LogP contribution in [0.25, 0.3) is 11.0 Å². The number of rotatable bonds is 4. The van der Waals surface area contributed by atoms with Gasteiger partial charge in [0.15, 0.2) is 0 Å². The molecule has 1 aliphatic carbocycles. The van der Waals surface area contributed by atoms with Crippen LogP contribution in [0.5, 0.6) is 0 Å². The van der Waals surface area contributed by atoms with Crippen LogP contribution in [0.1, 0.15) is 51.4 Å². The summed E-state index contributed by atoms with van der Waals surface area (Å²) in [6, 6.07) is 3.16. The first kappa shape index (κ1) is 12.6. The van der Waals surface area contributed by atoms with Crippen molar-refractivity contribution < 1.29 is 0 Å². The van der Waals surface area contributed by atoms with Gasteiger partial charge in [-0.05, 0) is 32.8 Å². The Morgan fingerprint density at radius 1 is 1.37 bits per heavy atom. The first-order valence-electron chi connectivity index (χ1n) is 7.30. The molecule has 0 aliphatic heterocycles. The predicted molar refractivity (Wildman–Crippen MR) is 77.0 cm³/mol. The molecule has 3 rings (SSSR count). The summed E-state index contributed by atoms with van der Waals surface area (Å²) in [4.78, 5) is 8.90. The molecule has 19 heavy (non-hydrogen) atoms. The lowest BCUT2D eigenvalue weighted by molar-refractivity contribution is 0.489. The minimum atomic E-state index is 0.424. The van der Waals surface area contributed by atoms with Gasteiger partial charge in [0.2, 0.25) is 0 Å². The van der Waals surface area contributed by atoms with Gasteiger partial charge < -0.3 is 9.88 Å². The van der Waals surface area contributed by atoms with E-state index in [1.165, 1.54) is 31.2 Å². The van der Waals surface area contributed by atoms with E-state index in [2.05, 4.69) is 34.8 Å². The molecule has 2 aromatic rings. The average Bonchev–Trinajstić information content (AvgIpc) is 3.03. The summed E-state index contributed by atoms with van der Waals surface area (Å²) in [5.41, 5.74) is 2.19. The monoisotopic (exact) mass is 258 g/mol. The second-order valence-electron chi connectivity index (χ2n) is 5.72. The smallest absolute Gasteiger partial charge is 0.124 e. The number of aromatic nitrogens is 3. The second-order valence-corrected chi connectivity index (χ2v) is 5.72. The average molecular weight is 258 g/mol. The minimum Gasteiger partial charge on any atom is -0.324 e. The molecule has 1 aliphatic rings. The molecule has 0 atom stereocenters. The molecule has 0 aromatic carbocycles. The van der Waals surface area contributed by atoms with Crippen LogP contribution in [-0.2, 0) is 6.54 Å². The van der Waals surface area contributed by atoms with Crippen molar-refractivity contribution in [3.05, 3.63) is 24.3 Å². The summed E-state index contributed by atoms with van der Waals surface area (Å²) in [5, 5.41) is 3.65. The first-order chi connectivity index (χ1) is 9.25. The zero-order valence-corrected chi connectivity index (χ0v) is 11.8. The Morgan fingerprint density at radius 2 is 2.16 bits per heavy atom. The lowest BCUT2D eigenvalue weighted by atomic mass is 10.2. The lowest BCUT2D eigenvalue weighted by Crippen LogP contribution is -2.27. The molecule has 2 aromatic heterocycles. The molecule has 0 saturated heterocycles. The number of fused-ring (bicyclic) bond motifs is 1. The largest absolute Gasteiger partial charge is 0.324 e. The fraction of sp³-hybridized carbons (Fsp3) is 0.600. The van der Waals surface area contributed by atoms with Gasteiger partial charge in [-0.1, -0.05) is 12.8 Å². The zero-order chi connectivity index (χ0) is 13.2. The Kier molecular flexibility index (Phi) is 3.51. The molecular formula is C15H22N4. The van der Waals surface area contributed by atoms with Crippen LogP contribution in [0, 0.1) is 0 Å². The van der Waals surface area contributed by atoms with Gasteiger partial charge in [-0.3, -0.25) is 4.98 Å². The van der Waals surface area contributed by atoms with Crippen molar-refractivity contribution in [1.29, 1.82) is 0 Å². The SMILES string of the molecule is CC(C)n1c(CNC2CCCC2)nc2cnccc21. The summed E-state index contributed by atoms with van der Waals surface area (Å²) in [6.07, 6.45) is 9.04. The highest BCUT2D eigenvalue weighted by atomic mass is 15.1. The van der Waals surface area contributed by atoms with E-state index in [1.54, 1.807) is 0 Å². The Bertz CT molecular complexity index is 552. The molecule has 0 radical (unpaired) electrons. The van der Waals surface area contributed by atoms with Crippen LogP contribution in [0.3, 0.4) is 0 Å². The summed E-state index contributed by atoms with van der Waals surface area (Å²) < 4.78 is 2.32. The van der Waals surface area contributed by atoms with E-state index in [4.69, 9.17) is 4.98 Å². The highest BCUT2D eigenvalue weighted by Gasteiger charge is 2.17. The molecule has 0 bridgehead atoms. The Morgan fingerprint density at radius 3 is 2.89 bits per heavy atom. The summed E-state index contributed by atoms with van der Waals surface area (Å²) in [6.45, 7) is 5.28. The summed E-state index contributed by atoms with van der Waals surface area (Å²) >= 11 is 0. The molecule has 1 N–H and O–H groups in total. The number of hydrogen-bond acceptors (Lipinski definition) is 3. The van der Waals surface area contributed by atoms with Crippen molar-refractivity contribution in [3.63, 3.8) is 0 Å². The van der Waals surface area contributed by atoms with Crippen molar-refractivity contribution in [2.24, 2.45) is 0 Å². The third kappa shape index (κ3) is 2.50. The van der Waals surface area contributed by atoms with E-state index < -0.39 is 0 Å². The lowest BCUT2D eigenvalue weighted by Gasteiger charge is -2.15. The van der Waals surface area contributed by atoms with Crippen molar-refractivity contribution in [2.75, 3.05) is 0 Å². The van der Waals surface area contributed by atoms with Crippen molar-refractivity contribution in [2.45, 2.75) is 58.2 Å². The zero-order valence-electron chi connectivity index (χ0n) is 11.8. The molecule has 2 heterocycles. The highest BCUT2D eigenvalue weighted by Crippen LogP contribution is 2.22. The summed E-state index contributed by atoms with van der Waals surface area (Å²) in [7, 11) is 0. The van der Waals surface area contributed by atoms with E-state index in [0.717, 1.165) is 17.9 Å². The maximum absolute atomic E-state index is 4.73. The van der Waals surface area contributed by atoms with Crippen LogP contribution in [0.2, 0.25) is 0 Å². The maximum Gasteiger partial charge on any atom is 0.124 e. The molecule has 1 saturated carbocycles. The van der Waals surface area contributed by atoms with E-state index >= 15 is 0 Å². The molecule has 1 fully saturated rings. The maximum atomic E-state index is 4.73. The first-order valence-corrected chi connectivity index (χ1v) is 7.30. The van der Waals surface area contributed by atoms with Gasteiger partial charge in [-0.15, -0.1) is 0 Å². The molecular weight excluding hydrogens is 236 g/mol.